The zero-order valence-corrected chi connectivity index (χ0v) is 6.95. The van der Waals surface area contributed by atoms with Gasteiger partial charge in [-0.15, -0.1) is 11.8 Å². The van der Waals surface area contributed by atoms with Gasteiger partial charge in [-0.2, -0.15) is 0 Å². The first-order valence-corrected chi connectivity index (χ1v) is 4.67. The summed E-state index contributed by atoms with van der Waals surface area (Å²) in [5.41, 5.74) is 0. The Morgan fingerprint density at radius 2 is 2.50 bits per heavy atom. The molecular formula is C7H12O2S. The molecule has 58 valence electrons. The van der Waals surface area contributed by atoms with E-state index in [1.807, 2.05) is 0 Å². The minimum absolute atomic E-state index is 0.0153. The molecule has 0 N–H and O–H groups in total. The largest absolute Gasteiger partial charge is 0.465 e. The Balaban J connectivity index is 1.95. The van der Waals surface area contributed by atoms with Crippen LogP contribution in [0.4, 0.5) is 0 Å². The van der Waals surface area contributed by atoms with E-state index in [9.17, 15) is 4.79 Å². The fraction of sp³-hybridized carbons (Fsp3) is 0.857. The molecule has 0 spiro atoms. The smallest absolute Gasteiger partial charge is 0.319 e. The molecule has 1 aliphatic rings. The summed E-state index contributed by atoms with van der Waals surface area (Å²) in [6, 6.07) is 0. The number of hydrogen-bond donors (Lipinski definition) is 0. The van der Waals surface area contributed by atoms with Gasteiger partial charge in [0, 0.05) is 5.75 Å². The number of unbranched alkanes of at least 4 members (excludes halogenated alkanes) is 1. The number of rotatable bonds is 4. The van der Waals surface area contributed by atoms with E-state index in [0.717, 1.165) is 18.6 Å². The molecule has 3 heteroatoms. The second-order valence-corrected chi connectivity index (χ2v) is 3.58. The molecular weight excluding hydrogens is 148 g/mol. The number of carbonyl (C=O) groups is 1. The first-order valence-electron chi connectivity index (χ1n) is 3.63. The van der Waals surface area contributed by atoms with E-state index in [4.69, 9.17) is 4.74 Å². The number of carbonyl (C=O) groups excluding carboxylic acids is 1. The zero-order chi connectivity index (χ0) is 7.40. The maximum Gasteiger partial charge on any atom is 0.319 e. The van der Waals surface area contributed by atoms with Gasteiger partial charge in [0.25, 0.3) is 0 Å². The minimum Gasteiger partial charge on any atom is -0.465 e. The molecule has 1 unspecified atom stereocenters. The fourth-order valence-electron chi connectivity index (χ4n) is 0.594. The second kappa shape index (κ2) is 3.86. The molecule has 0 radical (unpaired) electrons. The predicted molar refractivity (Wildman–Crippen MR) is 42.1 cm³/mol. The van der Waals surface area contributed by atoms with Crippen LogP contribution in [0.25, 0.3) is 0 Å². The van der Waals surface area contributed by atoms with Crippen LogP contribution in [0.1, 0.15) is 19.8 Å². The van der Waals surface area contributed by atoms with Gasteiger partial charge in [0.05, 0.1) is 6.61 Å². The molecule has 0 bridgehead atoms. The van der Waals surface area contributed by atoms with Crippen molar-refractivity contribution >= 4 is 17.7 Å². The minimum atomic E-state index is -0.0153. The third-order valence-electron chi connectivity index (χ3n) is 1.34. The summed E-state index contributed by atoms with van der Waals surface area (Å²) >= 11 is 1.66. The maximum atomic E-state index is 10.8. The van der Waals surface area contributed by atoms with Crippen LogP contribution < -0.4 is 0 Å². The summed E-state index contributed by atoms with van der Waals surface area (Å²) in [4.78, 5) is 10.8. The molecule has 0 aromatic rings. The normalized spacial score (nSPS) is 22.3. The van der Waals surface area contributed by atoms with E-state index in [2.05, 4.69) is 6.92 Å². The Bertz CT molecular complexity index is 121. The van der Waals surface area contributed by atoms with Crippen molar-refractivity contribution in [3.05, 3.63) is 0 Å². The van der Waals surface area contributed by atoms with Crippen molar-refractivity contribution in [3.63, 3.8) is 0 Å². The van der Waals surface area contributed by atoms with E-state index in [1.165, 1.54) is 0 Å². The van der Waals surface area contributed by atoms with Crippen LogP contribution in [0, 0.1) is 0 Å². The number of thioether (sulfide) groups is 1. The first kappa shape index (κ1) is 7.92. The Morgan fingerprint density at radius 1 is 1.80 bits per heavy atom. The van der Waals surface area contributed by atoms with Crippen molar-refractivity contribution in [2.75, 3.05) is 12.4 Å². The molecule has 1 atom stereocenters. The molecule has 1 rings (SSSR count). The Morgan fingerprint density at radius 3 is 3.00 bits per heavy atom. The van der Waals surface area contributed by atoms with E-state index >= 15 is 0 Å². The van der Waals surface area contributed by atoms with Gasteiger partial charge in [-0.25, -0.2) is 0 Å². The van der Waals surface area contributed by atoms with Gasteiger partial charge >= 0.3 is 5.97 Å². The van der Waals surface area contributed by atoms with Gasteiger partial charge in [0.15, 0.2) is 0 Å². The van der Waals surface area contributed by atoms with E-state index in [-0.39, 0.29) is 11.2 Å². The lowest BCUT2D eigenvalue weighted by molar-refractivity contribution is -0.142. The van der Waals surface area contributed by atoms with Crippen LogP contribution in [-0.2, 0) is 9.53 Å². The lowest BCUT2D eigenvalue weighted by atomic mass is 10.4. The van der Waals surface area contributed by atoms with Crippen molar-refractivity contribution < 1.29 is 9.53 Å². The van der Waals surface area contributed by atoms with Crippen molar-refractivity contribution in [1.82, 2.24) is 0 Å². The van der Waals surface area contributed by atoms with Gasteiger partial charge in [-0.1, -0.05) is 13.3 Å². The summed E-state index contributed by atoms with van der Waals surface area (Å²) in [7, 11) is 0. The van der Waals surface area contributed by atoms with Gasteiger partial charge in [0.2, 0.25) is 0 Å². The van der Waals surface area contributed by atoms with Crippen molar-refractivity contribution in [2.45, 2.75) is 25.0 Å². The zero-order valence-electron chi connectivity index (χ0n) is 6.13. The average Bonchev–Trinajstić information content (AvgIpc) is 2.69. The molecule has 0 aromatic heterocycles. The van der Waals surface area contributed by atoms with E-state index in [0.29, 0.717) is 6.61 Å². The molecule has 1 aliphatic heterocycles. The van der Waals surface area contributed by atoms with E-state index < -0.39 is 0 Å². The molecule has 1 heterocycles. The summed E-state index contributed by atoms with van der Waals surface area (Å²) in [5, 5.41) is 0.178. The third-order valence-corrected chi connectivity index (χ3v) is 2.20. The molecule has 2 nitrogen and oxygen atoms in total. The maximum absolute atomic E-state index is 10.8. The molecule has 0 aliphatic carbocycles. The Kier molecular flexibility index (Phi) is 3.06. The quantitative estimate of drug-likeness (QED) is 0.353. The Labute approximate surface area is 65.3 Å². The van der Waals surface area contributed by atoms with Gasteiger partial charge in [-0.3, -0.25) is 4.79 Å². The predicted octanol–water partition coefficient (Wildman–Crippen LogP) is 1.45. The molecule has 10 heavy (non-hydrogen) atoms. The topological polar surface area (TPSA) is 26.3 Å². The number of esters is 1. The van der Waals surface area contributed by atoms with Crippen LogP contribution in [0.15, 0.2) is 0 Å². The van der Waals surface area contributed by atoms with Gasteiger partial charge in [0.1, 0.15) is 5.25 Å². The highest BCUT2D eigenvalue weighted by molar-refractivity contribution is 8.07. The second-order valence-electron chi connectivity index (χ2n) is 2.34. The lowest BCUT2D eigenvalue weighted by Crippen LogP contribution is -2.10. The number of ether oxygens (including phenoxy) is 1. The van der Waals surface area contributed by atoms with Gasteiger partial charge < -0.3 is 4.74 Å². The van der Waals surface area contributed by atoms with E-state index in [1.54, 1.807) is 11.8 Å². The van der Waals surface area contributed by atoms with Crippen LogP contribution in [0.5, 0.6) is 0 Å². The molecule has 0 amide bonds. The van der Waals surface area contributed by atoms with Crippen LogP contribution in [-0.4, -0.2) is 23.6 Å². The Hall–Kier alpha value is -0.180. The lowest BCUT2D eigenvalue weighted by Gasteiger charge is -1.99. The fourth-order valence-corrected chi connectivity index (χ4v) is 1.03. The van der Waals surface area contributed by atoms with Crippen LogP contribution >= 0.6 is 11.8 Å². The van der Waals surface area contributed by atoms with Gasteiger partial charge in [-0.05, 0) is 6.42 Å². The SMILES string of the molecule is CCCCOC(=O)C1CS1. The summed E-state index contributed by atoms with van der Waals surface area (Å²) in [6.07, 6.45) is 2.08. The molecule has 1 saturated heterocycles. The third kappa shape index (κ3) is 2.60. The molecule has 0 aromatic carbocycles. The monoisotopic (exact) mass is 160 g/mol. The summed E-state index contributed by atoms with van der Waals surface area (Å²) in [5.74, 6) is 0.948. The van der Waals surface area contributed by atoms with Crippen LogP contribution in [0.2, 0.25) is 0 Å². The van der Waals surface area contributed by atoms with Crippen LogP contribution in [0.3, 0.4) is 0 Å². The number of hydrogen-bond acceptors (Lipinski definition) is 3. The van der Waals surface area contributed by atoms with Crippen molar-refractivity contribution in [1.29, 1.82) is 0 Å². The molecule has 1 fully saturated rings. The highest BCUT2D eigenvalue weighted by Crippen LogP contribution is 2.30. The average molecular weight is 160 g/mol. The first-order chi connectivity index (χ1) is 4.84. The summed E-state index contributed by atoms with van der Waals surface area (Å²) < 4.78 is 4.95. The molecule has 0 saturated carbocycles. The highest BCUT2D eigenvalue weighted by atomic mass is 32.2. The standard InChI is InChI=1S/C7H12O2S/c1-2-3-4-9-7(8)6-5-10-6/h6H,2-5H2,1H3. The van der Waals surface area contributed by atoms with Crippen molar-refractivity contribution in [2.24, 2.45) is 0 Å². The van der Waals surface area contributed by atoms with Crippen molar-refractivity contribution in [3.8, 4) is 0 Å². The summed E-state index contributed by atoms with van der Waals surface area (Å²) in [6.45, 7) is 2.69. The highest BCUT2D eigenvalue weighted by Gasteiger charge is 2.32.